The van der Waals surface area contributed by atoms with Gasteiger partial charge in [-0.25, -0.2) is 0 Å². The van der Waals surface area contributed by atoms with E-state index in [2.05, 4.69) is 13.8 Å². The van der Waals surface area contributed by atoms with Crippen molar-refractivity contribution in [2.45, 2.75) is 104 Å². The van der Waals surface area contributed by atoms with Crippen molar-refractivity contribution < 1.29 is 27.3 Å². The van der Waals surface area contributed by atoms with Gasteiger partial charge in [0.05, 0.1) is 0 Å². The molecule has 0 saturated heterocycles. The molecule has 0 aromatic carbocycles. The zero-order chi connectivity index (χ0) is 11.9. The van der Waals surface area contributed by atoms with Crippen LogP contribution < -0.4 is 0 Å². The summed E-state index contributed by atoms with van der Waals surface area (Å²) in [5, 5.41) is 0. The summed E-state index contributed by atoms with van der Waals surface area (Å²) < 4.78 is 0. The Morgan fingerprint density at radius 2 is 0.529 bits per heavy atom. The van der Waals surface area contributed by atoms with E-state index in [1.807, 2.05) is 0 Å². The molecular weight excluding hydrogens is 305 g/mol. The largest absolute Gasteiger partial charge is 0.0654 e. The molecule has 0 aliphatic carbocycles. The van der Waals surface area contributed by atoms with Crippen LogP contribution in [-0.4, -0.2) is 0 Å². The molecule has 17 heavy (non-hydrogen) atoms. The molecule has 0 aliphatic rings. The van der Waals surface area contributed by atoms with Gasteiger partial charge >= 0.3 is 0 Å². The summed E-state index contributed by atoms with van der Waals surface area (Å²) in [5.41, 5.74) is 0. The molecule has 0 amide bonds. The molecule has 0 N–H and O–H groups in total. The fourth-order valence-corrected chi connectivity index (χ4v) is 2.27. The van der Waals surface area contributed by atoms with Crippen LogP contribution in [0.2, 0.25) is 0 Å². The van der Waals surface area contributed by atoms with Gasteiger partial charge in [0.2, 0.25) is 0 Å². The van der Waals surface area contributed by atoms with Gasteiger partial charge in [-0.2, -0.15) is 0 Å². The van der Waals surface area contributed by atoms with E-state index in [-0.39, 0.29) is 27.3 Å². The predicted octanol–water partition coefficient (Wildman–Crippen LogP) is 6.49. The Bertz CT molecular complexity index is 98.1. The molecule has 1 heteroatoms. The first kappa shape index (κ1) is 20.2. The van der Waals surface area contributed by atoms with Gasteiger partial charge in [-0.15, -0.1) is 0 Å². The van der Waals surface area contributed by atoms with Crippen LogP contribution in [0, 0.1) is 0 Å². The Balaban J connectivity index is 0. The van der Waals surface area contributed by atoms with E-state index in [1.165, 1.54) is 89.9 Å². The maximum absolute atomic E-state index is 2.29. The van der Waals surface area contributed by atoms with Gasteiger partial charge in [0.15, 0.2) is 0 Å². The summed E-state index contributed by atoms with van der Waals surface area (Å²) in [4.78, 5) is 0. The van der Waals surface area contributed by atoms with E-state index >= 15 is 0 Å². The van der Waals surface area contributed by atoms with Gasteiger partial charge in [-0.1, -0.05) is 104 Å². The molecule has 0 radical (unpaired) electrons. The summed E-state index contributed by atoms with van der Waals surface area (Å²) in [6, 6.07) is 0. The first-order chi connectivity index (χ1) is 7.91. The third kappa shape index (κ3) is 19.4. The molecule has 0 nitrogen and oxygen atoms in total. The van der Waals surface area contributed by atoms with Crippen molar-refractivity contribution in [3.05, 3.63) is 0 Å². The van der Waals surface area contributed by atoms with Crippen LogP contribution in [0.3, 0.4) is 0 Å². The molecule has 0 saturated carbocycles. The molecule has 0 aromatic heterocycles. The SMILES string of the molecule is CCCCCCCCCCCCCCCC.[Cd]. The normalized spacial score (nSPS) is 10.2. The molecule has 100 valence electrons. The fourth-order valence-electron chi connectivity index (χ4n) is 2.27. The van der Waals surface area contributed by atoms with Crippen LogP contribution in [-0.2, 0) is 27.3 Å². The first-order valence-corrected chi connectivity index (χ1v) is 7.91. The van der Waals surface area contributed by atoms with Crippen LogP contribution in [0.1, 0.15) is 104 Å². The quantitative estimate of drug-likeness (QED) is 0.266. The van der Waals surface area contributed by atoms with E-state index < -0.39 is 0 Å². The van der Waals surface area contributed by atoms with Crippen molar-refractivity contribution in [3.63, 3.8) is 0 Å². The summed E-state index contributed by atoms with van der Waals surface area (Å²) in [6.45, 7) is 4.58. The predicted molar refractivity (Wildman–Crippen MR) is 76.0 cm³/mol. The van der Waals surface area contributed by atoms with Gasteiger partial charge in [0.1, 0.15) is 0 Å². The van der Waals surface area contributed by atoms with Crippen molar-refractivity contribution in [1.29, 1.82) is 0 Å². The zero-order valence-corrected chi connectivity index (χ0v) is 16.6. The Morgan fingerprint density at radius 1 is 0.353 bits per heavy atom. The van der Waals surface area contributed by atoms with Crippen LogP contribution in [0.4, 0.5) is 0 Å². The Kier molecular flexibility index (Phi) is 22.9. The summed E-state index contributed by atoms with van der Waals surface area (Å²) in [7, 11) is 0. The minimum atomic E-state index is 0. The average molecular weight is 339 g/mol. The topological polar surface area (TPSA) is 0 Å². The third-order valence-electron chi connectivity index (χ3n) is 3.46. The van der Waals surface area contributed by atoms with Crippen molar-refractivity contribution >= 4 is 0 Å². The van der Waals surface area contributed by atoms with Crippen LogP contribution in [0.25, 0.3) is 0 Å². The Morgan fingerprint density at radius 3 is 0.706 bits per heavy atom. The fraction of sp³-hybridized carbons (Fsp3) is 1.00. The molecule has 0 aromatic rings. The molecule has 0 aliphatic heterocycles. The number of rotatable bonds is 13. The minimum absolute atomic E-state index is 0. The standard InChI is InChI=1S/C16H34.Cd/c1-3-5-7-9-11-13-15-16-14-12-10-8-6-4-2;/h3-16H2,1-2H3;. The van der Waals surface area contributed by atoms with Crippen molar-refractivity contribution in [2.75, 3.05) is 0 Å². The zero-order valence-electron chi connectivity index (χ0n) is 12.6. The second-order valence-corrected chi connectivity index (χ2v) is 5.24. The number of unbranched alkanes of at least 4 members (excludes halogenated alkanes) is 13. The smallest absolute Gasteiger partial charge is 0 e. The van der Waals surface area contributed by atoms with E-state index in [9.17, 15) is 0 Å². The second-order valence-electron chi connectivity index (χ2n) is 5.24. The maximum atomic E-state index is 2.29. The maximum Gasteiger partial charge on any atom is 0 e. The molecule has 0 spiro atoms. The molecular formula is C16H34Cd. The van der Waals surface area contributed by atoms with Gasteiger partial charge in [0.25, 0.3) is 0 Å². The Labute approximate surface area is 130 Å². The van der Waals surface area contributed by atoms with E-state index in [4.69, 9.17) is 0 Å². The van der Waals surface area contributed by atoms with Crippen molar-refractivity contribution in [2.24, 2.45) is 0 Å². The summed E-state index contributed by atoms with van der Waals surface area (Å²) in [6.07, 6.45) is 20.4. The molecule has 0 heterocycles. The minimum Gasteiger partial charge on any atom is -0.0654 e. The Hall–Kier alpha value is 0.922. The molecule has 0 atom stereocenters. The van der Waals surface area contributed by atoms with Gasteiger partial charge < -0.3 is 0 Å². The van der Waals surface area contributed by atoms with Gasteiger partial charge in [-0.05, 0) is 0 Å². The van der Waals surface area contributed by atoms with Gasteiger partial charge in [-0.3, -0.25) is 0 Å². The number of hydrogen-bond donors (Lipinski definition) is 0. The number of hydrogen-bond acceptors (Lipinski definition) is 0. The van der Waals surface area contributed by atoms with E-state index in [0.29, 0.717) is 0 Å². The second kappa shape index (κ2) is 19.3. The molecule has 0 fully saturated rings. The van der Waals surface area contributed by atoms with Gasteiger partial charge in [0, 0.05) is 27.3 Å². The molecule has 0 unspecified atom stereocenters. The summed E-state index contributed by atoms with van der Waals surface area (Å²) in [5.74, 6) is 0. The van der Waals surface area contributed by atoms with E-state index in [0.717, 1.165) is 0 Å². The van der Waals surface area contributed by atoms with Crippen molar-refractivity contribution in [3.8, 4) is 0 Å². The molecule has 0 bridgehead atoms. The summed E-state index contributed by atoms with van der Waals surface area (Å²) >= 11 is 0. The monoisotopic (exact) mass is 340 g/mol. The van der Waals surface area contributed by atoms with Crippen LogP contribution in [0.5, 0.6) is 0 Å². The van der Waals surface area contributed by atoms with Crippen LogP contribution >= 0.6 is 0 Å². The first-order valence-electron chi connectivity index (χ1n) is 7.91. The van der Waals surface area contributed by atoms with E-state index in [1.54, 1.807) is 0 Å². The third-order valence-corrected chi connectivity index (χ3v) is 3.46. The average Bonchev–Trinajstić information content (AvgIpc) is 2.31. The van der Waals surface area contributed by atoms with Crippen molar-refractivity contribution in [1.82, 2.24) is 0 Å². The van der Waals surface area contributed by atoms with Crippen LogP contribution in [0.15, 0.2) is 0 Å². The molecule has 0 rings (SSSR count).